The molecule has 0 aliphatic rings. The number of nitrogens with one attached hydrogen (secondary N) is 2. The second kappa shape index (κ2) is 10.1. The van der Waals surface area contributed by atoms with E-state index in [4.69, 9.17) is 12.2 Å². The first-order valence-electron chi connectivity index (χ1n) is 7.30. The summed E-state index contributed by atoms with van der Waals surface area (Å²) in [6.07, 6.45) is 1.63. The fraction of sp³-hybridized carbons (Fsp3) is 0.375. The molecule has 2 aromatic heterocycles. The molecule has 2 N–H and O–H groups in total. The minimum atomic E-state index is 0. The summed E-state index contributed by atoms with van der Waals surface area (Å²) in [6.45, 7) is 12.0. The summed E-state index contributed by atoms with van der Waals surface area (Å²) in [6, 6.07) is 8.08. The first kappa shape index (κ1) is 18.3. The molecule has 0 saturated heterocycles. The van der Waals surface area contributed by atoms with E-state index in [0.717, 1.165) is 21.9 Å². The average Bonchev–Trinajstić information content (AvgIpc) is 2.94. The van der Waals surface area contributed by atoms with Crippen LogP contribution in [0.2, 0.25) is 0 Å². The van der Waals surface area contributed by atoms with Gasteiger partial charge in [-0.15, -0.1) is 0 Å². The molecule has 0 aliphatic heterocycles. The van der Waals surface area contributed by atoms with E-state index in [1.54, 1.807) is 6.33 Å². The van der Waals surface area contributed by atoms with Crippen molar-refractivity contribution in [3.05, 3.63) is 35.2 Å². The fourth-order valence-electron chi connectivity index (χ4n) is 1.67. The summed E-state index contributed by atoms with van der Waals surface area (Å²) in [5.41, 5.74) is 3.02. The Morgan fingerprint density at radius 2 is 1.55 bits per heavy atom. The first-order chi connectivity index (χ1) is 9.86. The van der Waals surface area contributed by atoms with Crippen molar-refractivity contribution in [1.29, 1.82) is 0 Å². The molecule has 0 bridgehead atoms. The van der Waals surface area contributed by atoms with E-state index in [9.17, 15) is 0 Å². The Morgan fingerprint density at radius 3 is 2.20 bits per heavy atom. The lowest BCUT2D eigenvalue weighted by atomic mass is 10.2. The summed E-state index contributed by atoms with van der Waals surface area (Å²) >= 11 is 5.13. The van der Waals surface area contributed by atoms with Crippen LogP contribution in [-0.4, -0.2) is 15.0 Å². The van der Waals surface area contributed by atoms with Gasteiger partial charge in [0.2, 0.25) is 0 Å². The van der Waals surface area contributed by atoms with Gasteiger partial charge in [0.25, 0.3) is 0 Å². The maximum Gasteiger partial charge on any atom is 0.153 e. The van der Waals surface area contributed by atoms with E-state index in [1.165, 1.54) is 0 Å². The predicted molar refractivity (Wildman–Crippen MR) is 94.9 cm³/mol. The van der Waals surface area contributed by atoms with Crippen molar-refractivity contribution in [3.63, 3.8) is 0 Å². The van der Waals surface area contributed by atoms with Crippen LogP contribution in [0.4, 0.5) is 0 Å². The molecule has 0 fully saturated rings. The SMILES string of the molecule is CC.CC.CC.S=c1nc[nH]c2c1[nH]c1ccccc12.[HH]. The van der Waals surface area contributed by atoms with Gasteiger partial charge in [-0.1, -0.05) is 72.0 Å². The molecular formula is C16H27N3S. The molecule has 4 heteroatoms. The highest BCUT2D eigenvalue weighted by Gasteiger charge is 2.03. The zero-order valence-electron chi connectivity index (χ0n) is 13.2. The lowest BCUT2D eigenvalue weighted by Crippen LogP contribution is -1.79. The van der Waals surface area contributed by atoms with Gasteiger partial charge in [0.05, 0.1) is 11.8 Å². The number of fused-ring (bicyclic) bond motifs is 3. The van der Waals surface area contributed by atoms with Gasteiger partial charge in [-0.3, -0.25) is 0 Å². The standard InChI is InChI=1S/C10H7N3S.3C2H6.H2/c14-10-9-8(11-5-12-10)6-3-1-2-4-7(6)13-9;3*1-2;/h1-5,13H,(H,11,12,14);3*1-2H3;1H. The zero-order chi connectivity index (χ0) is 15.5. The van der Waals surface area contributed by atoms with Crippen molar-refractivity contribution in [2.75, 3.05) is 0 Å². The van der Waals surface area contributed by atoms with Crippen LogP contribution in [0.3, 0.4) is 0 Å². The van der Waals surface area contributed by atoms with Crippen LogP contribution in [0.1, 0.15) is 43.0 Å². The highest BCUT2D eigenvalue weighted by atomic mass is 32.1. The van der Waals surface area contributed by atoms with Crippen LogP contribution in [0.5, 0.6) is 0 Å². The van der Waals surface area contributed by atoms with Gasteiger partial charge in [-0.05, 0) is 6.07 Å². The minimum Gasteiger partial charge on any atom is -0.351 e. The van der Waals surface area contributed by atoms with E-state index < -0.39 is 0 Å². The molecule has 1 aromatic carbocycles. The number of nitrogens with zero attached hydrogens (tertiary/aromatic N) is 1. The Labute approximate surface area is 127 Å². The summed E-state index contributed by atoms with van der Waals surface area (Å²) in [4.78, 5) is 10.4. The van der Waals surface area contributed by atoms with Gasteiger partial charge in [0.1, 0.15) is 5.52 Å². The van der Waals surface area contributed by atoms with E-state index >= 15 is 0 Å². The van der Waals surface area contributed by atoms with Gasteiger partial charge >= 0.3 is 0 Å². The van der Waals surface area contributed by atoms with Crippen LogP contribution >= 0.6 is 12.2 Å². The number of aromatic amines is 2. The number of hydrogen-bond donors (Lipinski definition) is 2. The highest BCUT2D eigenvalue weighted by Crippen LogP contribution is 2.22. The molecule has 112 valence electrons. The zero-order valence-corrected chi connectivity index (χ0v) is 14.1. The molecule has 0 amide bonds. The minimum absolute atomic E-state index is 0. The molecule has 3 rings (SSSR count). The van der Waals surface area contributed by atoms with E-state index in [-0.39, 0.29) is 1.43 Å². The molecule has 0 radical (unpaired) electrons. The second-order valence-electron chi connectivity index (χ2n) is 3.13. The van der Waals surface area contributed by atoms with Crippen LogP contribution in [0.15, 0.2) is 30.6 Å². The Balaban J connectivity index is 0. The van der Waals surface area contributed by atoms with E-state index in [2.05, 4.69) is 21.0 Å². The normalized spacial score (nSPS) is 8.70. The molecule has 3 aromatic rings. The molecule has 3 nitrogen and oxygen atoms in total. The van der Waals surface area contributed by atoms with Crippen molar-refractivity contribution in [2.45, 2.75) is 41.5 Å². The largest absolute Gasteiger partial charge is 0.351 e. The van der Waals surface area contributed by atoms with Crippen molar-refractivity contribution < 1.29 is 1.43 Å². The molecular weight excluding hydrogens is 266 g/mol. The molecule has 2 heterocycles. The van der Waals surface area contributed by atoms with Gasteiger partial charge < -0.3 is 9.97 Å². The fourth-order valence-corrected chi connectivity index (χ4v) is 1.88. The van der Waals surface area contributed by atoms with Crippen LogP contribution in [-0.2, 0) is 0 Å². The molecule has 0 saturated carbocycles. The molecule has 0 aliphatic carbocycles. The van der Waals surface area contributed by atoms with Crippen molar-refractivity contribution in [2.24, 2.45) is 0 Å². The van der Waals surface area contributed by atoms with Gasteiger partial charge in [-0.2, -0.15) is 0 Å². The van der Waals surface area contributed by atoms with E-state index in [1.807, 2.05) is 59.7 Å². The monoisotopic (exact) mass is 293 g/mol. The first-order valence-corrected chi connectivity index (χ1v) is 7.71. The van der Waals surface area contributed by atoms with Crippen molar-refractivity contribution in [1.82, 2.24) is 15.0 Å². The van der Waals surface area contributed by atoms with E-state index in [0.29, 0.717) is 4.64 Å². The Morgan fingerprint density at radius 1 is 0.950 bits per heavy atom. The maximum atomic E-state index is 5.13. The van der Waals surface area contributed by atoms with Gasteiger partial charge in [0, 0.05) is 12.3 Å². The number of hydrogen-bond acceptors (Lipinski definition) is 2. The predicted octanol–water partition coefficient (Wildman–Crippen LogP) is 6.10. The highest BCUT2D eigenvalue weighted by molar-refractivity contribution is 7.71. The summed E-state index contributed by atoms with van der Waals surface area (Å²) < 4.78 is 0.606. The number of aromatic nitrogens is 3. The third-order valence-corrected chi connectivity index (χ3v) is 2.62. The van der Waals surface area contributed by atoms with Crippen LogP contribution in [0, 0.1) is 4.64 Å². The number of benzene rings is 1. The van der Waals surface area contributed by atoms with Gasteiger partial charge in [0.15, 0.2) is 4.64 Å². The Hall–Kier alpha value is -1.68. The maximum absolute atomic E-state index is 5.13. The van der Waals surface area contributed by atoms with Crippen LogP contribution < -0.4 is 0 Å². The number of rotatable bonds is 0. The lowest BCUT2D eigenvalue weighted by molar-refractivity contribution is 1.20. The number of H-pyrrole nitrogens is 2. The molecule has 0 unspecified atom stereocenters. The Kier molecular flexibility index (Phi) is 9.30. The third-order valence-electron chi connectivity index (χ3n) is 2.31. The van der Waals surface area contributed by atoms with Crippen molar-refractivity contribution >= 4 is 34.2 Å². The summed E-state index contributed by atoms with van der Waals surface area (Å²) in [5.74, 6) is 0. The lowest BCUT2D eigenvalue weighted by Gasteiger charge is -1.89. The quantitative estimate of drug-likeness (QED) is 0.492. The second-order valence-corrected chi connectivity index (χ2v) is 3.51. The summed E-state index contributed by atoms with van der Waals surface area (Å²) in [5, 5.41) is 1.15. The van der Waals surface area contributed by atoms with Crippen LogP contribution in [0.25, 0.3) is 21.9 Å². The van der Waals surface area contributed by atoms with Crippen molar-refractivity contribution in [3.8, 4) is 0 Å². The number of para-hydroxylation sites is 1. The topological polar surface area (TPSA) is 44.5 Å². The molecule has 20 heavy (non-hydrogen) atoms. The third kappa shape index (κ3) is 3.90. The average molecular weight is 293 g/mol. The summed E-state index contributed by atoms with van der Waals surface area (Å²) in [7, 11) is 0. The molecule has 0 atom stereocenters. The smallest absolute Gasteiger partial charge is 0.153 e. The Bertz CT molecular complexity index is 674. The van der Waals surface area contributed by atoms with Gasteiger partial charge in [-0.25, -0.2) is 4.98 Å². The molecule has 0 spiro atoms.